The summed E-state index contributed by atoms with van der Waals surface area (Å²) in [4.78, 5) is 18.4. The minimum atomic E-state index is -3.55. The van der Waals surface area contributed by atoms with Gasteiger partial charge < -0.3 is 9.32 Å². The van der Waals surface area contributed by atoms with Crippen molar-refractivity contribution in [3.05, 3.63) is 83.5 Å². The second kappa shape index (κ2) is 10.1. The Labute approximate surface area is 192 Å². The number of carbonyl (C=O) groups excluding carboxylic acids is 1. The molecule has 0 aliphatic carbocycles. The molecule has 9 heteroatoms. The van der Waals surface area contributed by atoms with Gasteiger partial charge in [0.15, 0.2) is 11.7 Å². The van der Waals surface area contributed by atoms with Gasteiger partial charge >= 0.3 is 0 Å². The van der Waals surface area contributed by atoms with Crippen molar-refractivity contribution in [2.45, 2.75) is 12.8 Å². The van der Waals surface area contributed by atoms with E-state index in [0.29, 0.717) is 36.7 Å². The topological polar surface area (TPSA) is 83.7 Å². The average Bonchev–Trinajstić information content (AvgIpc) is 3.31. The van der Waals surface area contributed by atoms with E-state index in [2.05, 4.69) is 4.98 Å². The van der Waals surface area contributed by atoms with Gasteiger partial charge in [0.05, 0.1) is 6.20 Å². The first-order chi connectivity index (χ1) is 15.9. The SMILES string of the molecule is O=C(CCc1ncc(-c2ccc(F)cc2)o1)N1CCN(S(=O)(=O)/C=C/c2ccccc2)CC1. The number of amides is 1. The van der Waals surface area contributed by atoms with Gasteiger partial charge in [-0.15, -0.1) is 0 Å². The molecular formula is C24H24FN3O4S. The lowest BCUT2D eigenvalue weighted by atomic mass is 10.2. The lowest BCUT2D eigenvalue weighted by Crippen LogP contribution is -2.50. The summed E-state index contributed by atoms with van der Waals surface area (Å²) < 4.78 is 45.3. The van der Waals surface area contributed by atoms with Crippen molar-refractivity contribution in [1.29, 1.82) is 0 Å². The van der Waals surface area contributed by atoms with Crippen molar-refractivity contribution < 1.29 is 22.0 Å². The molecule has 0 atom stereocenters. The molecule has 1 aliphatic heterocycles. The molecule has 172 valence electrons. The van der Waals surface area contributed by atoms with Gasteiger partial charge in [0.2, 0.25) is 15.9 Å². The van der Waals surface area contributed by atoms with Crippen LogP contribution in [0.15, 0.2) is 70.6 Å². The third-order valence-corrected chi connectivity index (χ3v) is 6.98. The van der Waals surface area contributed by atoms with Crippen LogP contribution in [-0.2, 0) is 21.2 Å². The van der Waals surface area contributed by atoms with Gasteiger partial charge in [0.1, 0.15) is 5.82 Å². The second-order valence-corrected chi connectivity index (χ2v) is 9.48. The van der Waals surface area contributed by atoms with Crippen LogP contribution < -0.4 is 0 Å². The predicted molar refractivity (Wildman–Crippen MR) is 123 cm³/mol. The molecule has 0 unspecified atom stereocenters. The van der Waals surface area contributed by atoms with Gasteiger partial charge in [0.25, 0.3) is 0 Å². The minimum Gasteiger partial charge on any atom is -0.441 e. The summed E-state index contributed by atoms with van der Waals surface area (Å²) in [6.45, 7) is 1.18. The Balaban J connectivity index is 1.26. The van der Waals surface area contributed by atoms with E-state index in [1.165, 1.54) is 21.8 Å². The third kappa shape index (κ3) is 5.94. The molecule has 33 heavy (non-hydrogen) atoms. The number of rotatable bonds is 7. The van der Waals surface area contributed by atoms with Crippen LogP contribution in [0.5, 0.6) is 0 Å². The molecule has 0 radical (unpaired) electrons. The largest absolute Gasteiger partial charge is 0.441 e. The molecule has 4 rings (SSSR count). The van der Waals surface area contributed by atoms with Crippen LogP contribution in [0, 0.1) is 5.82 Å². The van der Waals surface area contributed by atoms with Crippen LogP contribution in [0.1, 0.15) is 17.9 Å². The van der Waals surface area contributed by atoms with E-state index >= 15 is 0 Å². The number of aryl methyl sites for hydroxylation is 1. The first-order valence-corrected chi connectivity index (χ1v) is 12.1. The number of nitrogens with zero attached hydrogens (tertiary/aromatic N) is 3. The van der Waals surface area contributed by atoms with Gasteiger partial charge in [-0.05, 0) is 35.9 Å². The van der Waals surface area contributed by atoms with E-state index in [4.69, 9.17) is 4.42 Å². The van der Waals surface area contributed by atoms with Gasteiger partial charge in [-0.25, -0.2) is 17.8 Å². The quantitative estimate of drug-likeness (QED) is 0.528. The van der Waals surface area contributed by atoms with Crippen molar-refractivity contribution in [3.8, 4) is 11.3 Å². The number of benzene rings is 2. The zero-order valence-electron chi connectivity index (χ0n) is 17.9. The number of aromatic nitrogens is 1. The van der Waals surface area contributed by atoms with Crippen molar-refractivity contribution in [3.63, 3.8) is 0 Å². The monoisotopic (exact) mass is 469 g/mol. The molecule has 1 aliphatic rings. The molecule has 3 aromatic rings. The highest BCUT2D eigenvalue weighted by atomic mass is 32.2. The van der Waals surface area contributed by atoms with Gasteiger partial charge in [-0.2, -0.15) is 4.31 Å². The fourth-order valence-corrected chi connectivity index (χ4v) is 4.73. The van der Waals surface area contributed by atoms with E-state index in [1.807, 2.05) is 30.3 Å². The molecule has 1 saturated heterocycles. The number of sulfonamides is 1. The van der Waals surface area contributed by atoms with Gasteiger partial charge in [-0.3, -0.25) is 4.79 Å². The molecule has 0 saturated carbocycles. The van der Waals surface area contributed by atoms with E-state index in [1.54, 1.807) is 29.3 Å². The fraction of sp³-hybridized carbons (Fsp3) is 0.250. The summed E-state index contributed by atoms with van der Waals surface area (Å²) in [6.07, 6.45) is 3.67. The molecular weight excluding hydrogens is 445 g/mol. The summed E-state index contributed by atoms with van der Waals surface area (Å²) >= 11 is 0. The summed E-state index contributed by atoms with van der Waals surface area (Å²) in [5.74, 6) is 0.535. The zero-order valence-corrected chi connectivity index (χ0v) is 18.7. The van der Waals surface area contributed by atoms with E-state index in [9.17, 15) is 17.6 Å². The van der Waals surface area contributed by atoms with E-state index < -0.39 is 10.0 Å². The second-order valence-electron chi connectivity index (χ2n) is 7.66. The first kappa shape index (κ1) is 22.9. The van der Waals surface area contributed by atoms with Crippen LogP contribution in [0.3, 0.4) is 0 Å². The molecule has 0 bridgehead atoms. The molecule has 1 fully saturated rings. The standard InChI is InChI=1S/C24H24FN3O4S/c25-21-8-6-20(7-9-21)22-18-26-23(32-22)10-11-24(29)27-13-15-28(16-14-27)33(30,31)17-12-19-4-2-1-3-5-19/h1-9,12,17-18H,10-11,13-16H2/b17-12+. The van der Waals surface area contributed by atoms with E-state index in [0.717, 1.165) is 5.56 Å². The molecule has 0 N–H and O–H groups in total. The Morgan fingerprint density at radius 3 is 2.42 bits per heavy atom. The molecule has 1 aromatic heterocycles. The first-order valence-electron chi connectivity index (χ1n) is 10.6. The summed E-state index contributed by atoms with van der Waals surface area (Å²) in [6, 6.07) is 15.1. The Kier molecular flexibility index (Phi) is 7.00. The van der Waals surface area contributed by atoms with Crippen LogP contribution in [0.2, 0.25) is 0 Å². The maximum Gasteiger partial charge on any atom is 0.236 e. The lowest BCUT2D eigenvalue weighted by Gasteiger charge is -2.33. The van der Waals surface area contributed by atoms with Gasteiger partial charge in [-0.1, -0.05) is 30.3 Å². The number of halogens is 1. The molecule has 2 heterocycles. The van der Waals surface area contributed by atoms with Crippen LogP contribution >= 0.6 is 0 Å². The van der Waals surface area contributed by atoms with Crippen molar-refractivity contribution >= 4 is 22.0 Å². The normalized spacial score (nSPS) is 15.2. The Hall–Kier alpha value is -3.30. The van der Waals surface area contributed by atoms with Crippen molar-refractivity contribution in [1.82, 2.24) is 14.2 Å². The summed E-state index contributed by atoms with van der Waals surface area (Å²) in [7, 11) is -3.55. The van der Waals surface area contributed by atoms with Crippen molar-refractivity contribution in [2.75, 3.05) is 26.2 Å². The van der Waals surface area contributed by atoms with E-state index in [-0.39, 0.29) is 31.2 Å². The van der Waals surface area contributed by atoms with Crippen LogP contribution in [0.4, 0.5) is 4.39 Å². The number of piperazine rings is 1. The maximum absolute atomic E-state index is 13.1. The Morgan fingerprint density at radius 2 is 1.73 bits per heavy atom. The number of hydrogen-bond acceptors (Lipinski definition) is 5. The molecule has 0 spiro atoms. The number of hydrogen-bond donors (Lipinski definition) is 0. The third-order valence-electron chi connectivity index (χ3n) is 5.42. The predicted octanol–water partition coefficient (Wildman–Crippen LogP) is 3.56. The number of oxazole rings is 1. The minimum absolute atomic E-state index is 0.0755. The van der Waals surface area contributed by atoms with Crippen LogP contribution in [0.25, 0.3) is 17.4 Å². The fourth-order valence-electron chi connectivity index (χ4n) is 3.55. The van der Waals surface area contributed by atoms with Gasteiger partial charge in [0, 0.05) is 50.0 Å². The molecule has 1 amide bonds. The van der Waals surface area contributed by atoms with Crippen LogP contribution in [-0.4, -0.2) is 54.7 Å². The Bertz CT molecular complexity index is 1220. The summed E-state index contributed by atoms with van der Waals surface area (Å²) in [5.41, 5.74) is 1.52. The Morgan fingerprint density at radius 1 is 1.03 bits per heavy atom. The number of carbonyl (C=O) groups is 1. The average molecular weight is 470 g/mol. The molecule has 2 aromatic carbocycles. The maximum atomic E-state index is 13.1. The van der Waals surface area contributed by atoms with Crippen molar-refractivity contribution in [2.24, 2.45) is 0 Å². The zero-order chi connectivity index (χ0) is 23.3. The lowest BCUT2D eigenvalue weighted by molar-refractivity contribution is -0.132. The highest BCUT2D eigenvalue weighted by Crippen LogP contribution is 2.21. The highest BCUT2D eigenvalue weighted by Gasteiger charge is 2.27. The smallest absolute Gasteiger partial charge is 0.236 e. The summed E-state index contributed by atoms with van der Waals surface area (Å²) in [5, 5.41) is 1.21. The highest BCUT2D eigenvalue weighted by molar-refractivity contribution is 7.92. The molecule has 7 nitrogen and oxygen atoms in total.